The first kappa shape index (κ1) is 23.5. The molecule has 1 aromatic rings. The van der Waals surface area contributed by atoms with Crippen LogP contribution in [0.4, 0.5) is 10.5 Å². The van der Waals surface area contributed by atoms with Crippen LogP contribution in [0.1, 0.15) is 48.7 Å². The van der Waals surface area contributed by atoms with Crippen LogP contribution in [-0.4, -0.2) is 61.6 Å². The van der Waals surface area contributed by atoms with E-state index in [1.807, 2.05) is 17.0 Å². The monoisotopic (exact) mass is 420 g/mol. The second-order valence-electron chi connectivity index (χ2n) is 7.89. The molecule has 1 aliphatic heterocycles. The molecule has 162 valence electrons. The van der Waals surface area contributed by atoms with Gasteiger partial charge in [-0.05, 0) is 60.4 Å². The molecule has 0 unspecified atom stereocenters. The molecule has 1 saturated heterocycles. The number of nitrogens with one attached hydrogen (secondary N) is 3. The summed E-state index contributed by atoms with van der Waals surface area (Å²) in [5, 5.41) is 9.24. The summed E-state index contributed by atoms with van der Waals surface area (Å²) in [6.07, 6.45) is 4.58. The van der Waals surface area contributed by atoms with E-state index in [-0.39, 0.29) is 11.9 Å². The standard InChI is InChI=1S/C22H36N4O2S/c1-5-17-15-20(25-22(28)24-7-6-12-29-4)18(13-16(2)3)14-19(17)21(27)26-10-8-23-9-11-26/h14-16,23H,5-13H2,1-4H3,(H2,24,25,28). The molecule has 6 nitrogen and oxygen atoms in total. The van der Waals surface area contributed by atoms with Crippen LogP contribution < -0.4 is 16.0 Å². The summed E-state index contributed by atoms with van der Waals surface area (Å²) in [6.45, 7) is 10.2. The van der Waals surface area contributed by atoms with Crippen molar-refractivity contribution >= 4 is 29.4 Å². The molecule has 0 bridgehead atoms. The minimum Gasteiger partial charge on any atom is -0.338 e. The highest BCUT2D eigenvalue weighted by molar-refractivity contribution is 7.98. The van der Waals surface area contributed by atoms with Gasteiger partial charge in [-0.2, -0.15) is 11.8 Å². The number of thioether (sulfide) groups is 1. The van der Waals surface area contributed by atoms with Crippen molar-refractivity contribution in [2.75, 3.05) is 50.0 Å². The SMILES string of the molecule is CCc1cc(NC(=O)NCCCSC)c(CC(C)C)cc1C(=O)N1CCNCC1. The number of piperazine rings is 1. The Morgan fingerprint density at radius 2 is 1.93 bits per heavy atom. The van der Waals surface area contributed by atoms with Crippen molar-refractivity contribution in [1.29, 1.82) is 0 Å². The number of nitrogens with zero attached hydrogens (tertiary/aromatic N) is 1. The number of hydrogen-bond acceptors (Lipinski definition) is 4. The van der Waals surface area contributed by atoms with Crippen LogP contribution in [0, 0.1) is 5.92 Å². The van der Waals surface area contributed by atoms with Crippen molar-refractivity contribution in [1.82, 2.24) is 15.5 Å². The highest BCUT2D eigenvalue weighted by atomic mass is 32.2. The van der Waals surface area contributed by atoms with Crippen molar-refractivity contribution < 1.29 is 9.59 Å². The van der Waals surface area contributed by atoms with Crippen LogP contribution in [0.5, 0.6) is 0 Å². The number of carbonyl (C=O) groups is 2. The van der Waals surface area contributed by atoms with Crippen LogP contribution in [0.3, 0.4) is 0 Å². The number of amides is 3. The molecule has 1 aromatic carbocycles. The highest BCUT2D eigenvalue weighted by Crippen LogP contribution is 2.26. The summed E-state index contributed by atoms with van der Waals surface area (Å²) < 4.78 is 0. The first-order chi connectivity index (χ1) is 14.0. The van der Waals surface area contributed by atoms with E-state index >= 15 is 0 Å². The molecular weight excluding hydrogens is 384 g/mol. The fourth-order valence-electron chi connectivity index (χ4n) is 3.53. The Bertz CT molecular complexity index is 688. The van der Waals surface area contributed by atoms with Gasteiger partial charge in [-0.3, -0.25) is 4.79 Å². The molecule has 0 atom stereocenters. The van der Waals surface area contributed by atoms with E-state index in [1.54, 1.807) is 11.8 Å². The third kappa shape index (κ3) is 7.23. The molecule has 0 radical (unpaired) electrons. The zero-order valence-electron chi connectivity index (χ0n) is 18.3. The van der Waals surface area contributed by atoms with Gasteiger partial charge >= 0.3 is 6.03 Å². The predicted molar refractivity (Wildman–Crippen MR) is 123 cm³/mol. The zero-order valence-corrected chi connectivity index (χ0v) is 19.1. The summed E-state index contributed by atoms with van der Waals surface area (Å²) in [5.41, 5.74) is 3.60. The summed E-state index contributed by atoms with van der Waals surface area (Å²) >= 11 is 1.78. The Morgan fingerprint density at radius 3 is 2.55 bits per heavy atom. The highest BCUT2D eigenvalue weighted by Gasteiger charge is 2.22. The molecule has 0 saturated carbocycles. The Hall–Kier alpha value is -1.73. The summed E-state index contributed by atoms with van der Waals surface area (Å²) in [5.74, 6) is 1.55. The van der Waals surface area contributed by atoms with Crippen LogP contribution in [0.25, 0.3) is 0 Å². The molecule has 3 N–H and O–H groups in total. The van der Waals surface area contributed by atoms with Crippen LogP contribution in [0.2, 0.25) is 0 Å². The molecule has 7 heteroatoms. The van der Waals surface area contributed by atoms with E-state index in [0.29, 0.717) is 12.5 Å². The second kappa shape index (κ2) is 12.1. The van der Waals surface area contributed by atoms with E-state index in [4.69, 9.17) is 0 Å². The van der Waals surface area contributed by atoms with E-state index in [9.17, 15) is 9.59 Å². The first-order valence-corrected chi connectivity index (χ1v) is 12.0. The van der Waals surface area contributed by atoms with Crippen LogP contribution >= 0.6 is 11.8 Å². The van der Waals surface area contributed by atoms with E-state index < -0.39 is 0 Å². The number of benzene rings is 1. The normalized spacial score (nSPS) is 14.2. The molecule has 1 heterocycles. The molecule has 0 spiro atoms. The first-order valence-electron chi connectivity index (χ1n) is 10.7. The average molecular weight is 421 g/mol. The fraction of sp³-hybridized carbons (Fsp3) is 0.636. The van der Waals surface area contributed by atoms with Gasteiger partial charge in [-0.25, -0.2) is 4.79 Å². The van der Waals surface area contributed by atoms with Crippen molar-refractivity contribution in [2.24, 2.45) is 5.92 Å². The van der Waals surface area contributed by atoms with Crippen molar-refractivity contribution in [2.45, 2.75) is 40.0 Å². The molecule has 0 aliphatic carbocycles. The maximum Gasteiger partial charge on any atom is 0.319 e. The Kier molecular flexibility index (Phi) is 9.81. The molecular formula is C22H36N4O2S. The maximum absolute atomic E-state index is 13.2. The Labute approximate surface area is 179 Å². The molecule has 29 heavy (non-hydrogen) atoms. The minimum absolute atomic E-state index is 0.0985. The number of carbonyl (C=O) groups excluding carboxylic acids is 2. The van der Waals surface area contributed by atoms with Crippen molar-refractivity contribution in [3.8, 4) is 0 Å². The molecule has 2 rings (SSSR count). The maximum atomic E-state index is 13.2. The second-order valence-corrected chi connectivity index (χ2v) is 8.87. The summed E-state index contributed by atoms with van der Waals surface area (Å²) in [6, 6.07) is 3.82. The third-order valence-electron chi connectivity index (χ3n) is 5.03. The van der Waals surface area contributed by atoms with E-state index in [2.05, 4.69) is 43.0 Å². The lowest BCUT2D eigenvalue weighted by atomic mass is 9.94. The van der Waals surface area contributed by atoms with Crippen molar-refractivity contribution in [3.63, 3.8) is 0 Å². The fourth-order valence-corrected chi connectivity index (χ4v) is 3.96. The van der Waals surface area contributed by atoms with Gasteiger partial charge in [0, 0.05) is 44.0 Å². The number of hydrogen-bond donors (Lipinski definition) is 3. The summed E-state index contributed by atoms with van der Waals surface area (Å²) in [4.78, 5) is 27.4. The number of aryl methyl sites for hydroxylation is 1. The lowest BCUT2D eigenvalue weighted by Gasteiger charge is -2.29. The lowest BCUT2D eigenvalue weighted by Crippen LogP contribution is -2.46. The predicted octanol–water partition coefficient (Wildman–Crippen LogP) is 3.37. The van der Waals surface area contributed by atoms with Gasteiger partial charge in [-0.1, -0.05) is 20.8 Å². The number of anilines is 1. The van der Waals surface area contributed by atoms with Gasteiger partial charge in [0.15, 0.2) is 0 Å². The van der Waals surface area contributed by atoms with Gasteiger partial charge in [0.1, 0.15) is 0 Å². The number of rotatable bonds is 9. The van der Waals surface area contributed by atoms with Gasteiger partial charge in [0.05, 0.1) is 0 Å². The van der Waals surface area contributed by atoms with E-state index in [0.717, 1.165) is 73.6 Å². The largest absolute Gasteiger partial charge is 0.338 e. The molecule has 1 aliphatic rings. The zero-order chi connectivity index (χ0) is 21.2. The average Bonchev–Trinajstić information content (AvgIpc) is 2.72. The quantitative estimate of drug-likeness (QED) is 0.536. The topological polar surface area (TPSA) is 73.5 Å². The Morgan fingerprint density at radius 1 is 1.21 bits per heavy atom. The third-order valence-corrected chi connectivity index (χ3v) is 5.73. The van der Waals surface area contributed by atoms with Gasteiger partial charge in [0.2, 0.25) is 0 Å². The van der Waals surface area contributed by atoms with Crippen LogP contribution in [-0.2, 0) is 12.8 Å². The van der Waals surface area contributed by atoms with Gasteiger partial charge in [0.25, 0.3) is 5.91 Å². The van der Waals surface area contributed by atoms with Crippen LogP contribution in [0.15, 0.2) is 12.1 Å². The van der Waals surface area contributed by atoms with E-state index in [1.165, 1.54) is 0 Å². The lowest BCUT2D eigenvalue weighted by molar-refractivity contribution is 0.0734. The minimum atomic E-state index is -0.181. The van der Waals surface area contributed by atoms with Gasteiger partial charge < -0.3 is 20.9 Å². The Balaban J connectivity index is 2.23. The number of urea groups is 1. The van der Waals surface area contributed by atoms with Crippen molar-refractivity contribution in [3.05, 3.63) is 28.8 Å². The smallest absolute Gasteiger partial charge is 0.319 e. The van der Waals surface area contributed by atoms with Gasteiger partial charge in [-0.15, -0.1) is 0 Å². The summed E-state index contributed by atoms with van der Waals surface area (Å²) in [7, 11) is 0. The molecule has 1 fully saturated rings. The molecule has 3 amide bonds. The molecule has 0 aromatic heterocycles.